The number of hydrogen-bond acceptors (Lipinski definition) is 8. The summed E-state index contributed by atoms with van der Waals surface area (Å²) in [4.78, 5) is 15.7. The van der Waals surface area contributed by atoms with Crippen LogP contribution in [0.25, 0.3) is 21.6 Å². The molecule has 0 aliphatic heterocycles. The smallest absolute Gasteiger partial charge is 0.227 e. The molecule has 4 aromatic rings. The Morgan fingerprint density at radius 3 is 2.68 bits per heavy atom. The summed E-state index contributed by atoms with van der Waals surface area (Å²) in [6, 6.07) is 7.88. The Morgan fingerprint density at radius 2 is 1.93 bits per heavy atom. The number of thiophene rings is 1. The molecule has 0 spiro atoms. The number of hydrogen-bond donors (Lipinski definition) is 1. The van der Waals surface area contributed by atoms with Crippen molar-refractivity contribution < 1.29 is 4.52 Å². The van der Waals surface area contributed by atoms with Gasteiger partial charge in [0.2, 0.25) is 11.7 Å². The van der Waals surface area contributed by atoms with E-state index in [9.17, 15) is 0 Å². The average Bonchev–Trinajstić information content (AvgIpc) is 3.27. The zero-order valence-electron chi connectivity index (χ0n) is 15.5. The second kappa shape index (κ2) is 9.00. The summed E-state index contributed by atoms with van der Waals surface area (Å²) in [5.41, 5.74) is 8.90. The molecule has 3 heterocycles. The summed E-state index contributed by atoms with van der Waals surface area (Å²) in [5.74, 6) is 2.05. The van der Waals surface area contributed by atoms with Gasteiger partial charge in [0.05, 0.1) is 0 Å². The minimum Gasteiger partial charge on any atom is -0.339 e. The summed E-state index contributed by atoms with van der Waals surface area (Å²) < 4.78 is 5.40. The molecule has 4 rings (SSSR count). The first kappa shape index (κ1) is 20.7. The highest BCUT2D eigenvalue weighted by Gasteiger charge is 2.13. The van der Waals surface area contributed by atoms with Crippen LogP contribution in [0.2, 0.25) is 0 Å². The van der Waals surface area contributed by atoms with Gasteiger partial charge in [0.15, 0.2) is 0 Å². The predicted octanol–water partition coefficient (Wildman–Crippen LogP) is 4.57. The lowest BCUT2D eigenvalue weighted by atomic mass is 10.1. The highest BCUT2D eigenvalue weighted by Crippen LogP contribution is 2.34. The van der Waals surface area contributed by atoms with E-state index in [1.165, 1.54) is 10.4 Å². The molecular formula is C19H20ClN5OS2. The van der Waals surface area contributed by atoms with Gasteiger partial charge in [0.1, 0.15) is 16.2 Å². The normalized spacial score (nSPS) is 11.0. The molecule has 146 valence electrons. The van der Waals surface area contributed by atoms with Crippen LogP contribution in [0.1, 0.15) is 21.9 Å². The van der Waals surface area contributed by atoms with E-state index in [1.54, 1.807) is 29.4 Å². The quantitative estimate of drug-likeness (QED) is 0.351. The fraction of sp³-hybridized carbons (Fsp3) is 0.263. The molecule has 2 N–H and O–H groups in total. The van der Waals surface area contributed by atoms with Gasteiger partial charge in [0.25, 0.3) is 0 Å². The predicted molar refractivity (Wildman–Crippen MR) is 116 cm³/mol. The Bertz CT molecular complexity index is 1080. The van der Waals surface area contributed by atoms with Crippen molar-refractivity contribution in [1.82, 2.24) is 20.1 Å². The summed E-state index contributed by atoms with van der Waals surface area (Å²) in [7, 11) is 0. The van der Waals surface area contributed by atoms with Crippen LogP contribution in [0.15, 0.2) is 40.1 Å². The van der Waals surface area contributed by atoms with Crippen LogP contribution in [-0.4, -0.2) is 25.9 Å². The highest BCUT2D eigenvalue weighted by atomic mass is 35.5. The van der Waals surface area contributed by atoms with Gasteiger partial charge >= 0.3 is 0 Å². The molecule has 0 saturated heterocycles. The molecule has 0 saturated carbocycles. The van der Waals surface area contributed by atoms with Crippen LogP contribution in [0.3, 0.4) is 0 Å². The van der Waals surface area contributed by atoms with Gasteiger partial charge in [-0.05, 0) is 25.0 Å². The summed E-state index contributed by atoms with van der Waals surface area (Å²) >= 11 is 3.41. The molecular weight excluding hydrogens is 414 g/mol. The lowest BCUT2D eigenvalue weighted by molar-refractivity contribution is 0.383. The molecule has 0 unspecified atom stereocenters. The molecule has 3 aromatic heterocycles. The number of aromatic nitrogens is 4. The Morgan fingerprint density at radius 1 is 1.14 bits per heavy atom. The van der Waals surface area contributed by atoms with Gasteiger partial charge in [-0.3, -0.25) is 0 Å². The first-order valence-corrected chi connectivity index (χ1v) is 10.4. The minimum atomic E-state index is 0. The number of rotatable bonds is 6. The molecule has 0 aliphatic rings. The van der Waals surface area contributed by atoms with Gasteiger partial charge in [0, 0.05) is 34.5 Å². The van der Waals surface area contributed by atoms with Gasteiger partial charge in [-0.15, -0.1) is 35.5 Å². The Kier molecular flexibility index (Phi) is 6.66. The first-order valence-electron chi connectivity index (χ1n) is 8.61. The summed E-state index contributed by atoms with van der Waals surface area (Å²) in [5, 5.41) is 6.26. The van der Waals surface area contributed by atoms with Crippen molar-refractivity contribution in [1.29, 1.82) is 0 Å². The number of thioether (sulfide) groups is 1. The summed E-state index contributed by atoms with van der Waals surface area (Å²) in [6.07, 6.45) is 2.32. The number of fused-ring (bicyclic) bond motifs is 1. The van der Waals surface area contributed by atoms with Crippen LogP contribution in [0, 0.1) is 13.8 Å². The number of halogens is 1. The first-order chi connectivity index (χ1) is 13.2. The molecule has 1 aromatic carbocycles. The van der Waals surface area contributed by atoms with Crippen LogP contribution in [0.5, 0.6) is 0 Å². The van der Waals surface area contributed by atoms with Gasteiger partial charge < -0.3 is 10.3 Å². The molecule has 28 heavy (non-hydrogen) atoms. The van der Waals surface area contributed by atoms with Crippen LogP contribution < -0.4 is 5.73 Å². The van der Waals surface area contributed by atoms with E-state index in [0.717, 1.165) is 32.1 Å². The van der Waals surface area contributed by atoms with E-state index < -0.39 is 0 Å². The maximum atomic E-state index is 5.63. The average molecular weight is 434 g/mol. The van der Waals surface area contributed by atoms with Crippen molar-refractivity contribution in [2.24, 2.45) is 5.73 Å². The van der Waals surface area contributed by atoms with Crippen molar-refractivity contribution in [3.05, 3.63) is 52.5 Å². The third-order valence-corrected chi connectivity index (χ3v) is 6.51. The largest absolute Gasteiger partial charge is 0.339 e. The van der Waals surface area contributed by atoms with Crippen molar-refractivity contribution in [3.63, 3.8) is 0 Å². The molecule has 9 heteroatoms. The SMILES string of the molecule is Cc1sc2ncnc(SCCc3nc(-c4ccc(CN)cc4)no3)c2c1C.Cl. The fourth-order valence-electron chi connectivity index (χ4n) is 2.76. The number of benzene rings is 1. The van der Waals surface area contributed by atoms with Crippen molar-refractivity contribution in [3.8, 4) is 11.4 Å². The lowest BCUT2D eigenvalue weighted by Gasteiger charge is -2.01. The number of nitrogens with two attached hydrogens (primary N) is 1. The van der Waals surface area contributed by atoms with E-state index in [0.29, 0.717) is 24.7 Å². The van der Waals surface area contributed by atoms with E-state index in [4.69, 9.17) is 10.3 Å². The lowest BCUT2D eigenvalue weighted by Crippen LogP contribution is -1.95. The third kappa shape index (κ3) is 4.20. The third-order valence-electron chi connectivity index (χ3n) is 4.40. The highest BCUT2D eigenvalue weighted by molar-refractivity contribution is 7.99. The van der Waals surface area contributed by atoms with Gasteiger partial charge in [-0.1, -0.05) is 29.4 Å². The zero-order valence-corrected chi connectivity index (χ0v) is 18.0. The molecule has 0 aliphatic carbocycles. The van der Waals surface area contributed by atoms with Gasteiger partial charge in [-0.2, -0.15) is 4.98 Å². The van der Waals surface area contributed by atoms with Crippen molar-refractivity contribution in [2.75, 3.05) is 5.75 Å². The second-order valence-corrected chi connectivity index (χ2v) is 8.44. The Labute approximate surface area is 177 Å². The fourth-order valence-corrected chi connectivity index (χ4v) is 4.81. The molecule has 6 nitrogen and oxygen atoms in total. The van der Waals surface area contributed by atoms with E-state index in [2.05, 4.69) is 34.0 Å². The summed E-state index contributed by atoms with van der Waals surface area (Å²) in [6.45, 7) is 4.77. The standard InChI is InChI=1S/C19H19N5OS2.ClH/c1-11-12(2)27-19-16(11)18(21-10-22-19)26-8-7-15-23-17(24-25-15)14-5-3-13(9-20)4-6-14;/h3-6,10H,7-9,20H2,1-2H3;1H. The van der Waals surface area contributed by atoms with Crippen LogP contribution in [0.4, 0.5) is 0 Å². The number of nitrogens with zero attached hydrogens (tertiary/aromatic N) is 4. The molecule has 0 amide bonds. The maximum absolute atomic E-state index is 5.63. The van der Waals surface area contributed by atoms with E-state index in [-0.39, 0.29) is 12.4 Å². The van der Waals surface area contributed by atoms with Gasteiger partial charge in [-0.25, -0.2) is 9.97 Å². The molecule has 0 fully saturated rings. The van der Waals surface area contributed by atoms with Crippen LogP contribution in [-0.2, 0) is 13.0 Å². The Hall–Kier alpha value is -2.00. The Balaban J connectivity index is 0.00000225. The van der Waals surface area contributed by atoms with E-state index >= 15 is 0 Å². The van der Waals surface area contributed by atoms with Crippen molar-refractivity contribution in [2.45, 2.75) is 31.8 Å². The molecule has 0 atom stereocenters. The number of aryl methyl sites for hydroxylation is 3. The maximum Gasteiger partial charge on any atom is 0.227 e. The van der Waals surface area contributed by atoms with Crippen molar-refractivity contribution >= 4 is 45.7 Å². The monoisotopic (exact) mass is 433 g/mol. The zero-order chi connectivity index (χ0) is 18.8. The second-order valence-electron chi connectivity index (χ2n) is 6.15. The topological polar surface area (TPSA) is 90.7 Å². The molecule has 0 radical (unpaired) electrons. The van der Waals surface area contributed by atoms with E-state index in [1.807, 2.05) is 24.3 Å². The van der Waals surface area contributed by atoms with Crippen LogP contribution >= 0.6 is 35.5 Å². The molecule has 0 bridgehead atoms. The minimum absolute atomic E-state index is 0.